The first kappa shape index (κ1) is 38.9. The van der Waals surface area contributed by atoms with Crippen molar-refractivity contribution in [3.05, 3.63) is 147 Å². The number of carbonyl (C=O) groups is 3. The molecule has 1 saturated heterocycles. The van der Waals surface area contributed by atoms with Gasteiger partial charge in [0.1, 0.15) is 5.75 Å². The largest absolute Gasteiger partial charge is 0.506 e. The summed E-state index contributed by atoms with van der Waals surface area (Å²) in [4.78, 5) is 57.3. The summed E-state index contributed by atoms with van der Waals surface area (Å²) in [5, 5.41) is 35.0. The van der Waals surface area contributed by atoms with E-state index in [1.165, 1.54) is 12.1 Å². The van der Waals surface area contributed by atoms with Gasteiger partial charge in [-0.1, -0.05) is 90.5 Å². The lowest BCUT2D eigenvalue weighted by Gasteiger charge is -2.39. The van der Waals surface area contributed by atoms with Crippen LogP contribution in [-0.4, -0.2) is 80.6 Å². The molecule has 11 heteroatoms. The number of nitrogens with zero attached hydrogens (tertiary/aromatic N) is 2. The van der Waals surface area contributed by atoms with E-state index in [4.69, 9.17) is 0 Å². The Kier molecular flexibility index (Phi) is 12.4. The Bertz CT molecular complexity index is 2160. The van der Waals surface area contributed by atoms with E-state index in [9.17, 15) is 34.5 Å². The van der Waals surface area contributed by atoms with Gasteiger partial charge in [0, 0.05) is 44.2 Å². The van der Waals surface area contributed by atoms with Gasteiger partial charge in [0.05, 0.1) is 29.9 Å². The minimum atomic E-state index is -0.993. The number of amides is 2. The number of piperidine rings is 1. The van der Waals surface area contributed by atoms with Crippen LogP contribution >= 0.6 is 0 Å². The molecule has 0 saturated carbocycles. The number of nitrogens with one attached hydrogen (secondary N) is 2. The lowest BCUT2D eigenvalue weighted by molar-refractivity contribution is -0.148. The number of fused-ring (bicyclic) bond motifs is 1. The van der Waals surface area contributed by atoms with E-state index < -0.39 is 17.5 Å². The third kappa shape index (κ3) is 9.48. The average molecular weight is 745 g/mol. The maximum Gasteiger partial charge on any atom is 0.314 e. The van der Waals surface area contributed by atoms with Gasteiger partial charge in [-0.15, -0.1) is 0 Å². The van der Waals surface area contributed by atoms with Crippen LogP contribution in [0.3, 0.4) is 0 Å². The van der Waals surface area contributed by atoms with Gasteiger partial charge in [-0.2, -0.15) is 0 Å². The van der Waals surface area contributed by atoms with Gasteiger partial charge in [-0.25, -0.2) is 0 Å². The number of aromatic amines is 1. The van der Waals surface area contributed by atoms with Crippen molar-refractivity contribution in [3.8, 4) is 5.75 Å². The fourth-order valence-electron chi connectivity index (χ4n) is 7.37. The number of aromatic nitrogens is 1. The van der Waals surface area contributed by atoms with Crippen molar-refractivity contribution >= 4 is 28.7 Å². The van der Waals surface area contributed by atoms with Crippen molar-refractivity contribution in [3.63, 3.8) is 0 Å². The number of hydrogen-bond acceptors (Lipinski definition) is 7. The fraction of sp³-hybridized carbons (Fsp3) is 0.318. The zero-order valence-electron chi connectivity index (χ0n) is 31.0. The summed E-state index contributed by atoms with van der Waals surface area (Å²) >= 11 is 0. The molecule has 0 radical (unpaired) electrons. The number of carboxylic acids is 1. The van der Waals surface area contributed by atoms with Gasteiger partial charge < -0.3 is 35.4 Å². The van der Waals surface area contributed by atoms with Gasteiger partial charge >= 0.3 is 5.97 Å². The minimum Gasteiger partial charge on any atom is -0.506 e. The van der Waals surface area contributed by atoms with E-state index >= 15 is 0 Å². The molecule has 5 aromatic rings. The Balaban J connectivity index is 1.02. The van der Waals surface area contributed by atoms with Crippen molar-refractivity contribution in [1.29, 1.82) is 0 Å². The Morgan fingerprint density at radius 2 is 1.51 bits per heavy atom. The van der Waals surface area contributed by atoms with Crippen molar-refractivity contribution in [2.24, 2.45) is 0 Å². The van der Waals surface area contributed by atoms with Crippen LogP contribution in [0, 0.1) is 6.92 Å². The molecule has 1 aliphatic rings. The number of aromatic hydroxyl groups is 1. The number of benzene rings is 4. The molecule has 1 fully saturated rings. The molecule has 4 aromatic carbocycles. The number of phenolic OH excluding ortho intramolecular Hbond substituents is 1. The number of aliphatic carboxylic acids is 1. The monoisotopic (exact) mass is 744 g/mol. The van der Waals surface area contributed by atoms with Gasteiger partial charge in [0.25, 0.3) is 0 Å². The number of phenols is 1. The molecule has 2 amide bonds. The van der Waals surface area contributed by atoms with Crippen LogP contribution in [0.5, 0.6) is 5.75 Å². The quantitative estimate of drug-likeness (QED) is 0.0935. The summed E-state index contributed by atoms with van der Waals surface area (Å²) in [6.07, 6.45) is 0.877. The topological polar surface area (TPSA) is 163 Å². The summed E-state index contributed by atoms with van der Waals surface area (Å²) in [5.41, 5.74) is 4.13. The van der Waals surface area contributed by atoms with Gasteiger partial charge in [-0.3, -0.25) is 19.2 Å². The van der Waals surface area contributed by atoms with Gasteiger partial charge in [0.15, 0.2) is 0 Å². The average Bonchev–Trinajstić information content (AvgIpc) is 3.19. The summed E-state index contributed by atoms with van der Waals surface area (Å²) < 4.78 is 0. The molecule has 0 aliphatic carbocycles. The Morgan fingerprint density at radius 3 is 2.18 bits per heavy atom. The molecule has 1 atom stereocenters. The summed E-state index contributed by atoms with van der Waals surface area (Å²) in [6.45, 7) is 4.51. The highest BCUT2D eigenvalue weighted by molar-refractivity contribution is 5.87. The van der Waals surface area contributed by atoms with E-state index in [0.717, 1.165) is 27.8 Å². The summed E-state index contributed by atoms with van der Waals surface area (Å²) in [6, 6.07) is 30.9. The minimum absolute atomic E-state index is 0.0253. The Hall–Kier alpha value is -5.78. The molecule has 5 N–H and O–H groups in total. The van der Waals surface area contributed by atoms with Crippen LogP contribution < -0.4 is 10.9 Å². The molecule has 0 bridgehead atoms. The molecule has 1 unspecified atom stereocenters. The standard InChI is InChI=1S/C44H48N4O7/c1-30-8-10-33(11-9-30)29-48(23-5-22-45-28-38(50)35-16-18-37(49)42-36(35)17-19-39(51)46-42)41(53)27-32-14-12-31(13-15-32)26-40(52)47-24-20-44(21-25-47,43(54)55)34-6-3-2-4-7-34/h2-4,6-19,38,45,49-50H,5,20-29H2,1H3,(H,46,51)(H,54,55). The first-order valence-electron chi connectivity index (χ1n) is 18.7. The number of pyridine rings is 1. The lowest BCUT2D eigenvalue weighted by atomic mass is 9.73. The zero-order chi connectivity index (χ0) is 39.0. The summed E-state index contributed by atoms with van der Waals surface area (Å²) in [5.74, 6) is -0.997. The highest BCUT2D eigenvalue weighted by Crippen LogP contribution is 2.36. The van der Waals surface area contributed by atoms with E-state index in [1.807, 2.05) is 90.7 Å². The number of H-pyrrole nitrogens is 1. The maximum absolute atomic E-state index is 13.7. The van der Waals surface area contributed by atoms with Gasteiger partial charge in [-0.05, 0) is 72.7 Å². The van der Waals surface area contributed by atoms with Crippen LogP contribution in [0.4, 0.5) is 0 Å². The van der Waals surface area contributed by atoms with E-state index in [0.29, 0.717) is 62.9 Å². The number of aryl methyl sites for hydroxylation is 1. The third-order valence-electron chi connectivity index (χ3n) is 10.7. The molecule has 286 valence electrons. The molecule has 1 aliphatic heterocycles. The second-order valence-corrected chi connectivity index (χ2v) is 14.5. The predicted octanol–water partition coefficient (Wildman–Crippen LogP) is 5.01. The van der Waals surface area contributed by atoms with E-state index in [2.05, 4.69) is 10.3 Å². The van der Waals surface area contributed by atoms with Crippen molar-refractivity contribution in [2.45, 2.75) is 57.1 Å². The molecule has 6 rings (SSSR count). The molecule has 11 nitrogen and oxygen atoms in total. The highest BCUT2D eigenvalue weighted by Gasteiger charge is 2.43. The first-order valence-corrected chi connectivity index (χ1v) is 18.7. The number of likely N-dealkylation sites (tertiary alicyclic amines) is 1. The van der Waals surface area contributed by atoms with E-state index in [-0.39, 0.29) is 48.0 Å². The van der Waals surface area contributed by atoms with Crippen LogP contribution in [0.1, 0.15) is 58.7 Å². The molecule has 1 aromatic heterocycles. The number of aliphatic hydroxyl groups excluding tert-OH is 1. The van der Waals surface area contributed by atoms with Crippen molar-refractivity contribution < 1.29 is 29.7 Å². The van der Waals surface area contributed by atoms with Crippen molar-refractivity contribution in [2.75, 3.05) is 32.7 Å². The molecular weight excluding hydrogens is 697 g/mol. The second-order valence-electron chi connectivity index (χ2n) is 14.5. The first-order chi connectivity index (χ1) is 26.5. The van der Waals surface area contributed by atoms with Crippen LogP contribution in [0.2, 0.25) is 0 Å². The van der Waals surface area contributed by atoms with Crippen molar-refractivity contribution in [1.82, 2.24) is 20.1 Å². The van der Waals surface area contributed by atoms with Gasteiger partial charge in [0.2, 0.25) is 17.4 Å². The predicted molar refractivity (Wildman–Crippen MR) is 211 cm³/mol. The highest BCUT2D eigenvalue weighted by atomic mass is 16.4. The van der Waals surface area contributed by atoms with E-state index in [1.54, 1.807) is 17.0 Å². The molecular formula is C44H48N4O7. The number of aliphatic hydroxyl groups is 1. The smallest absolute Gasteiger partial charge is 0.314 e. The number of hydrogen-bond donors (Lipinski definition) is 5. The SMILES string of the molecule is Cc1ccc(CN(CCCNCC(O)c2ccc(O)c3[nH]c(=O)ccc23)C(=O)Cc2ccc(CC(=O)N3CCC(C(=O)O)(c4ccccc4)CC3)cc2)cc1. The Morgan fingerprint density at radius 1 is 0.855 bits per heavy atom. The molecule has 55 heavy (non-hydrogen) atoms. The summed E-state index contributed by atoms with van der Waals surface area (Å²) in [7, 11) is 0. The third-order valence-corrected chi connectivity index (χ3v) is 10.7. The molecule has 2 heterocycles. The number of rotatable bonds is 15. The normalized spacial score (nSPS) is 14.4. The number of carboxylic acid groups (broad SMARTS) is 1. The van der Waals surface area contributed by atoms with Crippen LogP contribution in [0.25, 0.3) is 10.9 Å². The Labute approximate surface area is 320 Å². The zero-order valence-corrected chi connectivity index (χ0v) is 31.0. The lowest BCUT2D eigenvalue weighted by Crippen LogP contribution is -2.49. The number of carbonyl (C=O) groups excluding carboxylic acids is 2. The van der Waals surface area contributed by atoms with Crippen LogP contribution in [-0.2, 0) is 39.2 Å². The van der Waals surface area contributed by atoms with Crippen LogP contribution in [0.15, 0.2) is 108 Å². The maximum atomic E-state index is 13.7. The molecule has 0 spiro atoms. The fourth-order valence-corrected chi connectivity index (χ4v) is 7.37. The second kappa shape index (κ2) is 17.6.